The molecule has 2 saturated heterocycles. The highest BCUT2D eigenvalue weighted by Crippen LogP contribution is 2.29. The predicted molar refractivity (Wildman–Crippen MR) is 143 cm³/mol. The molecule has 2 aromatic rings. The summed E-state index contributed by atoms with van der Waals surface area (Å²) in [6, 6.07) is 14.8. The van der Waals surface area contributed by atoms with Gasteiger partial charge in [0.2, 0.25) is 0 Å². The Morgan fingerprint density at radius 2 is 1.50 bits per heavy atom. The highest BCUT2D eigenvalue weighted by molar-refractivity contribution is 6.10. The summed E-state index contributed by atoms with van der Waals surface area (Å²) in [7, 11) is 8.48. The maximum Gasteiger partial charge on any atom is 0.187 e. The van der Waals surface area contributed by atoms with Crippen LogP contribution in [0.4, 0.5) is 11.4 Å². The largest absolute Gasteiger partial charge is 0.369 e. The summed E-state index contributed by atoms with van der Waals surface area (Å²) in [5.41, 5.74) is 5.39. The molecule has 0 amide bonds. The van der Waals surface area contributed by atoms with Crippen molar-refractivity contribution in [2.75, 3.05) is 90.3 Å². The first kappa shape index (κ1) is 24.5. The van der Waals surface area contributed by atoms with Crippen molar-refractivity contribution in [3.63, 3.8) is 0 Å². The van der Waals surface area contributed by atoms with Crippen molar-refractivity contribution in [2.24, 2.45) is 0 Å². The second-order valence-electron chi connectivity index (χ2n) is 9.96. The quantitative estimate of drug-likeness (QED) is 0.465. The van der Waals surface area contributed by atoms with E-state index in [9.17, 15) is 4.79 Å². The molecule has 2 aliphatic rings. The van der Waals surface area contributed by atoms with Gasteiger partial charge in [0.1, 0.15) is 0 Å². The van der Waals surface area contributed by atoms with Crippen LogP contribution in [0.2, 0.25) is 0 Å². The van der Waals surface area contributed by atoms with Crippen LogP contribution in [0, 0.1) is 0 Å². The van der Waals surface area contributed by atoms with Gasteiger partial charge in [-0.2, -0.15) is 0 Å². The summed E-state index contributed by atoms with van der Waals surface area (Å²) >= 11 is 0. The van der Waals surface area contributed by atoms with E-state index in [2.05, 4.69) is 89.1 Å². The lowest BCUT2D eigenvalue weighted by molar-refractivity contribution is 0.104. The van der Waals surface area contributed by atoms with E-state index in [1.807, 2.05) is 12.1 Å². The molecular weight excluding hydrogens is 422 g/mol. The number of piperazine rings is 2. The minimum atomic E-state index is 0.0665. The van der Waals surface area contributed by atoms with E-state index in [1.165, 1.54) is 11.3 Å². The molecule has 2 heterocycles. The Bertz CT molecular complexity index is 1000. The zero-order chi connectivity index (χ0) is 24.1. The Labute approximate surface area is 205 Å². The van der Waals surface area contributed by atoms with E-state index < -0.39 is 0 Å². The number of hydrogen-bond acceptors (Lipinski definition) is 6. The van der Waals surface area contributed by atoms with E-state index in [4.69, 9.17) is 0 Å². The summed E-state index contributed by atoms with van der Waals surface area (Å²) in [6.45, 7) is 8.99. The maximum absolute atomic E-state index is 13.4. The molecule has 0 aromatic heterocycles. The first-order valence-electron chi connectivity index (χ1n) is 12.4. The monoisotopic (exact) mass is 461 g/mol. The number of carbonyl (C=O) groups excluding carboxylic acids is 1. The summed E-state index contributed by atoms with van der Waals surface area (Å²) in [6.07, 6.45) is 3.68. The molecule has 0 atom stereocenters. The third kappa shape index (κ3) is 6.26. The first-order valence-corrected chi connectivity index (χ1v) is 12.4. The highest BCUT2D eigenvalue weighted by atomic mass is 16.1. The van der Waals surface area contributed by atoms with Gasteiger partial charge in [0.15, 0.2) is 5.78 Å². The summed E-state index contributed by atoms with van der Waals surface area (Å²) in [5, 5.41) is 0. The number of likely N-dealkylation sites (N-methyl/N-ethyl adjacent to an activating group) is 2. The Morgan fingerprint density at radius 3 is 2.15 bits per heavy atom. The van der Waals surface area contributed by atoms with Crippen molar-refractivity contribution in [3.8, 4) is 0 Å². The van der Waals surface area contributed by atoms with Crippen molar-refractivity contribution in [3.05, 3.63) is 65.2 Å². The number of nitrogens with zero attached hydrogens (tertiary/aromatic N) is 5. The molecule has 4 rings (SSSR count). The maximum atomic E-state index is 13.4. The van der Waals surface area contributed by atoms with E-state index in [-0.39, 0.29) is 5.78 Å². The Morgan fingerprint density at radius 1 is 0.853 bits per heavy atom. The Hall–Kier alpha value is -2.67. The first-order chi connectivity index (χ1) is 16.4. The fourth-order valence-corrected chi connectivity index (χ4v) is 4.72. The molecule has 182 valence electrons. The molecule has 6 heteroatoms. The van der Waals surface area contributed by atoms with Crippen LogP contribution in [0.25, 0.3) is 6.08 Å². The minimum Gasteiger partial charge on any atom is -0.369 e. The van der Waals surface area contributed by atoms with Crippen LogP contribution in [-0.4, -0.2) is 101 Å². The van der Waals surface area contributed by atoms with E-state index in [0.717, 1.165) is 75.7 Å². The zero-order valence-corrected chi connectivity index (χ0v) is 21.2. The molecule has 0 spiro atoms. The van der Waals surface area contributed by atoms with Crippen molar-refractivity contribution in [1.82, 2.24) is 14.7 Å². The van der Waals surface area contributed by atoms with Gasteiger partial charge in [-0.15, -0.1) is 0 Å². The molecular formula is C28H39N5O. The summed E-state index contributed by atoms with van der Waals surface area (Å²) in [5.74, 6) is 0.0665. The number of carbonyl (C=O) groups is 1. The van der Waals surface area contributed by atoms with Gasteiger partial charge in [0.25, 0.3) is 0 Å². The fourth-order valence-electron chi connectivity index (χ4n) is 4.72. The van der Waals surface area contributed by atoms with Crippen LogP contribution < -0.4 is 9.80 Å². The van der Waals surface area contributed by atoms with Crippen LogP contribution >= 0.6 is 0 Å². The molecule has 2 fully saturated rings. The SMILES string of the molecule is CN(C)Cc1cccc(C=CC(=O)c2ccc(N3CCN(C)CC3)cc2N2CCN(C)CC2)c1. The number of benzene rings is 2. The van der Waals surface area contributed by atoms with Crippen LogP contribution in [0.15, 0.2) is 48.5 Å². The lowest BCUT2D eigenvalue weighted by Crippen LogP contribution is -2.46. The molecule has 0 N–H and O–H groups in total. The third-order valence-corrected chi connectivity index (χ3v) is 6.84. The number of anilines is 2. The molecule has 6 nitrogen and oxygen atoms in total. The molecule has 0 radical (unpaired) electrons. The van der Waals surface area contributed by atoms with Crippen LogP contribution in [-0.2, 0) is 6.54 Å². The molecule has 2 aromatic carbocycles. The standard InChI is InChI=1S/C28H39N5O/c1-29(2)22-24-7-5-6-23(20-24)8-11-28(34)26-10-9-25(32-16-12-30(3)13-17-32)21-27(26)33-18-14-31(4)15-19-33/h5-11,20-21H,12-19,22H2,1-4H3. The lowest BCUT2D eigenvalue weighted by atomic mass is 10.0. The average molecular weight is 462 g/mol. The molecule has 34 heavy (non-hydrogen) atoms. The van der Waals surface area contributed by atoms with Gasteiger partial charge >= 0.3 is 0 Å². The van der Waals surface area contributed by atoms with Crippen molar-refractivity contribution >= 4 is 23.2 Å². The van der Waals surface area contributed by atoms with Gasteiger partial charge in [0.05, 0.1) is 5.69 Å². The average Bonchev–Trinajstić information content (AvgIpc) is 2.83. The topological polar surface area (TPSA) is 33.3 Å². The Kier molecular flexibility index (Phi) is 8.03. The van der Waals surface area contributed by atoms with Gasteiger partial charge in [-0.05, 0) is 63.6 Å². The number of allylic oxidation sites excluding steroid dienone is 1. The highest BCUT2D eigenvalue weighted by Gasteiger charge is 2.22. The van der Waals surface area contributed by atoms with Gasteiger partial charge in [-0.25, -0.2) is 0 Å². The van der Waals surface area contributed by atoms with Crippen molar-refractivity contribution < 1.29 is 4.79 Å². The molecule has 2 aliphatic heterocycles. The van der Waals surface area contributed by atoms with Crippen LogP contribution in [0.3, 0.4) is 0 Å². The number of hydrogen-bond donors (Lipinski definition) is 0. The molecule has 0 saturated carbocycles. The van der Waals surface area contributed by atoms with E-state index in [1.54, 1.807) is 6.08 Å². The van der Waals surface area contributed by atoms with Crippen molar-refractivity contribution in [1.29, 1.82) is 0 Å². The van der Waals surface area contributed by atoms with Gasteiger partial charge in [-0.3, -0.25) is 4.79 Å². The smallest absolute Gasteiger partial charge is 0.187 e. The Balaban J connectivity index is 1.58. The summed E-state index contributed by atoms with van der Waals surface area (Å²) in [4.78, 5) is 25.1. The molecule has 0 aliphatic carbocycles. The van der Waals surface area contributed by atoms with Gasteiger partial charge < -0.3 is 24.5 Å². The molecule has 0 bridgehead atoms. The van der Waals surface area contributed by atoms with Gasteiger partial charge in [0, 0.05) is 70.2 Å². The van der Waals surface area contributed by atoms with Crippen LogP contribution in [0.5, 0.6) is 0 Å². The van der Waals surface area contributed by atoms with E-state index in [0.29, 0.717) is 0 Å². The van der Waals surface area contributed by atoms with Crippen LogP contribution in [0.1, 0.15) is 21.5 Å². The van der Waals surface area contributed by atoms with Gasteiger partial charge in [-0.1, -0.05) is 30.3 Å². The molecule has 0 unspecified atom stereocenters. The minimum absolute atomic E-state index is 0.0665. The summed E-state index contributed by atoms with van der Waals surface area (Å²) < 4.78 is 0. The number of ketones is 1. The third-order valence-electron chi connectivity index (χ3n) is 6.84. The zero-order valence-electron chi connectivity index (χ0n) is 21.2. The number of rotatable bonds is 7. The normalized spacial score (nSPS) is 18.3. The second kappa shape index (κ2) is 11.2. The lowest BCUT2D eigenvalue weighted by Gasteiger charge is -2.37. The second-order valence-corrected chi connectivity index (χ2v) is 9.96. The van der Waals surface area contributed by atoms with Crippen molar-refractivity contribution in [2.45, 2.75) is 6.54 Å². The predicted octanol–water partition coefficient (Wildman–Crippen LogP) is 3.15. The van der Waals surface area contributed by atoms with E-state index >= 15 is 0 Å². The fraction of sp³-hybridized carbons (Fsp3) is 0.464.